The molecule has 0 saturated carbocycles. The minimum Gasteiger partial charge on any atom is -0.370 e. The second kappa shape index (κ2) is 11.1. The van der Waals surface area contributed by atoms with E-state index in [1.54, 1.807) is 0 Å². The Hall–Kier alpha value is -1.64. The van der Waals surface area contributed by atoms with Gasteiger partial charge in [0.25, 0.3) is 0 Å². The van der Waals surface area contributed by atoms with Gasteiger partial charge in [0.15, 0.2) is 5.96 Å². The van der Waals surface area contributed by atoms with Crippen molar-refractivity contribution in [3.63, 3.8) is 0 Å². The Morgan fingerprint density at radius 1 is 0.933 bits per heavy atom. The normalized spacial score (nSPS) is 17.8. The summed E-state index contributed by atoms with van der Waals surface area (Å²) in [5, 5.41) is 3.23. The Morgan fingerprint density at radius 3 is 2.53 bits per heavy atom. The van der Waals surface area contributed by atoms with E-state index in [1.807, 2.05) is 0 Å². The van der Waals surface area contributed by atoms with Crippen molar-refractivity contribution in [2.75, 3.05) is 38.5 Å². The molecule has 1 aliphatic heterocycles. The first-order valence-electron chi connectivity index (χ1n) is 10.8. The highest BCUT2D eigenvalue weighted by Gasteiger charge is 2.12. The highest BCUT2D eigenvalue weighted by molar-refractivity contribution is 14.0. The average Bonchev–Trinajstić information content (AvgIpc) is 3.09. The molecule has 2 aliphatic rings. The van der Waals surface area contributed by atoms with Crippen molar-refractivity contribution < 1.29 is 0 Å². The number of aliphatic imine (C=N–C) groups is 1. The molecule has 162 valence electrons. The summed E-state index contributed by atoms with van der Waals surface area (Å²) < 4.78 is 0. The molecule has 4 rings (SSSR count). The van der Waals surface area contributed by atoms with Gasteiger partial charge < -0.3 is 16.0 Å². The van der Waals surface area contributed by atoms with Crippen LogP contribution in [0.2, 0.25) is 0 Å². The highest BCUT2D eigenvalue weighted by atomic mass is 127. The lowest BCUT2D eigenvalue weighted by Gasteiger charge is -2.20. The molecule has 1 saturated heterocycles. The van der Waals surface area contributed by atoms with Gasteiger partial charge in [0.05, 0.1) is 6.54 Å². The first-order valence-corrected chi connectivity index (χ1v) is 10.8. The van der Waals surface area contributed by atoms with Crippen LogP contribution in [-0.2, 0) is 25.9 Å². The monoisotopic (exact) mass is 519 g/mol. The number of anilines is 1. The SMILES string of the molecule is CN1CCCN(Cc2ccc(CN=C(N)Nc3ccc4c(c3)CCC4)cc2)CC1.I. The number of guanidine groups is 1. The Kier molecular flexibility index (Phi) is 8.53. The van der Waals surface area contributed by atoms with Crippen molar-refractivity contribution in [2.24, 2.45) is 10.7 Å². The third-order valence-electron chi connectivity index (χ3n) is 6.04. The van der Waals surface area contributed by atoms with Crippen LogP contribution in [0.1, 0.15) is 35.1 Å². The standard InChI is InChI=1S/C24H33N5.HI/c1-28-12-3-13-29(15-14-28)18-20-8-6-19(7-9-20)17-26-24(25)27-23-11-10-21-4-2-5-22(21)16-23;/h6-11,16H,2-5,12-15,17-18H2,1H3,(H3,25,26,27);1H. The molecule has 0 amide bonds. The van der Waals surface area contributed by atoms with E-state index >= 15 is 0 Å². The number of likely N-dealkylation sites (N-methyl/N-ethyl adjacent to an activating group) is 1. The number of nitrogens with zero attached hydrogens (tertiary/aromatic N) is 3. The molecule has 0 radical (unpaired) electrons. The van der Waals surface area contributed by atoms with Crippen LogP contribution < -0.4 is 11.1 Å². The number of nitrogens with two attached hydrogens (primary N) is 1. The molecule has 1 fully saturated rings. The summed E-state index contributed by atoms with van der Waals surface area (Å²) in [6.07, 6.45) is 4.87. The van der Waals surface area contributed by atoms with E-state index in [1.165, 1.54) is 61.0 Å². The van der Waals surface area contributed by atoms with Crippen LogP contribution in [-0.4, -0.2) is 49.0 Å². The smallest absolute Gasteiger partial charge is 0.193 e. The van der Waals surface area contributed by atoms with Crippen LogP contribution in [0.5, 0.6) is 0 Å². The summed E-state index contributed by atoms with van der Waals surface area (Å²) >= 11 is 0. The van der Waals surface area contributed by atoms with E-state index in [9.17, 15) is 0 Å². The fourth-order valence-electron chi connectivity index (χ4n) is 4.28. The van der Waals surface area contributed by atoms with Gasteiger partial charge in [-0.05, 0) is 80.2 Å². The fourth-order valence-corrected chi connectivity index (χ4v) is 4.28. The van der Waals surface area contributed by atoms with E-state index in [0.29, 0.717) is 12.5 Å². The predicted molar refractivity (Wildman–Crippen MR) is 137 cm³/mol. The number of aryl methyl sites for hydroxylation is 2. The second-order valence-electron chi connectivity index (χ2n) is 8.41. The summed E-state index contributed by atoms with van der Waals surface area (Å²) in [4.78, 5) is 9.49. The third kappa shape index (κ3) is 6.43. The molecule has 2 aromatic carbocycles. The molecule has 0 unspecified atom stereocenters. The maximum absolute atomic E-state index is 6.11. The van der Waals surface area contributed by atoms with Crippen LogP contribution in [0, 0.1) is 0 Å². The van der Waals surface area contributed by atoms with Gasteiger partial charge in [-0.3, -0.25) is 4.90 Å². The number of hydrogen-bond acceptors (Lipinski definition) is 3. The van der Waals surface area contributed by atoms with Crippen LogP contribution in [0.25, 0.3) is 0 Å². The molecule has 0 aromatic heterocycles. The fraction of sp³-hybridized carbons (Fsp3) is 0.458. The van der Waals surface area contributed by atoms with Gasteiger partial charge >= 0.3 is 0 Å². The van der Waals surface area contributed by atoms with Gasteiger partial charge in [0, 0.05) is 25.3 Å². The van der Waals surface area contributed by atoms with Gasteiger partial charge in [-0.2, -0.15) is 0 Å². The van der Waals surface area contributed by atoms with E-state index in [0.717, 1.165) is 25.3 Å². The largest absolute Gasteiger partial charge is 0.370 e. The second-order valence-corrected chi connectivity index (χ2v) is 8.41. The molecule has 1 heterocycles. The Bertz CT molecular complexity index is 849. The van der Waals surface area contributed by atoms with Crippen molar-refractivity contribution >= 4 is 35.6 Å². The molecule has 1 aliphatic carbocycles. The Morgan fingerprint density at radius 2 is 1.70 bits per heavy atom. The van der Waals surface area contributed by atoms with E-state index in [2.05, 4.69) is 69.6 Å². The maximum Gasteiger partial charge on any atom is 0.193 e. The number of benzene rings is 2. The summed E-state index contributed by atoms with van der Waals surface area (Å²) in [5.74, 6) is 0.473. The molecule has 30 heavy (non-hydrogen) atoms. The highest BCUT2D eigenvalue weighted by Crippen LogP contribution is 2.24. The summed E-state index contributed by atoms with van der Waals surface area (Å²) in [6, 6.07) is 15.3. The lowest BCUT2D eigenvalue weighted by Crippen LogP contribution is -2.28. The molecular formula is C24H34IN5. The minimum absolute atomic E-state index is 0. The van der Waals surface area contributed by atoms with Crippen LogP contribution in [0.15, 0.2) is 47.5 Å². The Labute approximate surface area is 197 Å². The first kappa shape index (κ1) is 23.0. The van der Waals surface area contributed by atoms with Crippen LogP contribution in [0.3, 0.4) is 0 Å². The number of rotatable bonds is 5. The Balaban J connectivity index is 0.00000256. The molecule has 5 nitrogen and oxygen atoms in total. The zero-order chi connectivity index (χ0) is 20.1. The molecule has 0 spiro atoms. The van der Waals surface area contributed by atoms with Crippen LogP contribution >= 0.6 is 24.0 Å². The quantitative estimate of drug-likeness (QED) is 0.358. The summed E-state index contributed by atoms with van der Waals surface area (Å²) in [6.45, 7) is 6.31. The molecule has 3 N–H and O–H groups in total. The van der Waals surface area contributed by atoms with E-state index in [4.69, 9.17) is 5.73 Å². The summed E-state index contributed by atoms with van der Waals surface area (Å²) in [5.41, 5.74) is 12.6. The molecule has 2 aromatic rings. The topological polar surface area (TPSA) is 56.9 Å². The predicted octanol–water partition coefficient (Wildman–Crippen LogP) is 3.86. The zero-order valence-electron chi connectivity index (χ0n) is 17.9. The van der Waals surface area contributed by atoms with Crippen molar-refractivity contribution in [2.45, 2.75) is 38.8 Å². The average molecular weight is 519 g/mol. The van der Waals surface area contributed by atoms with Crippen molar-refractivity contribution in [3.05, 3.63) is 64.7 Å². The van der Waals surface area contributed by atoms with Crippen LogP contribution in [0.4, 0.5) is 5.69 Å². The molecule has 6 heteroatoms. The van der Waals surface area contributed by atoms with E-state index in [-0.39, 0.29) is 24.0 Å². The molecular weight excluding hydrogens is 485 g/mol. The first-order chi connectivity index (χ1) is 14.2. The third-order valence-corrected chi connectivity index (χ3v) is 6.04. The van der Waals surface area contributed by atoms with Gasteiger partial charge in [-0.25, -0.2) is 4.99 Å². The number of halogens is 1. The van der Waals surface area contributed by atoms with Crippen molar-refractivity contribution in [1.82, 2.24) is 9.80 Å². The summed E-state index contributed by atoms with van der Waals surface area (Å²) in [7, 11) is 2.21. The van der Waals surface area contributed by atoms with Crippen molar-refractivity contribution in [1.29, 1.82) is 0 Å². The van der Waals surface area contributed by atoms with Gasteiger partial charge in [0.2, 0.25) is 0 Å². The maximum atomic E-state index is 6.11. The number of nitrogens with one attached hydrogen (secondary N) is 1. The lowest BCUT2D eigenvalue weighted by molar-refractivity contribution is 0.269. The van der Waals surface area contributed by atoms with Gasteiger partial charge in [-0.1, -0.05) is 30.3 Å². The van der Waals surface area contributed by atoms with E-state index < -0.39 is 0 Å². The zero-order valence-corrected chi connectivity index (χ0v) is 20.3. The molecule has 0 bridgehead atoms. The lowest BCUT2D eigenvalue weighted by atomic mass is 10.1. The van der Waals surface area contributed by atoms with Gasteiger partial charge in [0.1, 0.15) is 0 Å². The van der Waals surface area contributed by atoms with Crippen molar-refractivity contribution in [3.8, 4) is 0 Å². The number of fused-ring (bicyclic) bond motifs is 1. The molecule has 0 atom stereocenters. The van der Waals surface area contributed by atoms with Gasteiger partial charge in [-0.15, -0.1) is 24.0 Å². The number of hydrogen-bond donors (Lipinski definition) is 2. The minimum atomic E-state index is 0.